The standard InChI is InChI=1S/C27H33N9O/c1-5-6-10-22-17-35(25-23(19(2)3)16-29-34(25)4)26(37)36(22)18-27(11-13-28-14-12-27)21-9-7-8-20(15-21)24-30-32-33-31-24/h7-9,11-17,19,28H,5-6,10,18H2,1-4H3,(H,30,31,32,33). The number of imidazole rings is 1. The topological polar surface area (TPSA) is 111 Å². The first-order valence-corrected chi connectivity index (χ1v) is 12.7. The molecule has 10 heteroatoms. The van der Waals surface area contributed by atoms with Crippen LogP contribution in [0.5, 0.6) is 0 Å². The van der Waals surface area contributed by atoms with Crippen molar-refractivity contribution in [1.82, 2.24) is 44.9 Å². The largest absolute Gasteiger partial charge is 0.368 e. The van der Waals surface area contributed by atoms with Crippen molar-refractivity contribution in [2.75, 3.05) is 0 Å². The van der Waals surface area contributed by atoms with Crippen LogP contribution in [0, 0.1) is 0 Å². The van der Waals surface area contributed by atoms with Gasteiger partial charge in [-0.3, -0.25) is 13.8 Å². The Hall–Kier alpha value is -4.21. The second-order valence-electron chi connectivity index (χ2n) is 9.87. The van der Waals surface area contributed by atoms with Gasteiger partial charge in [0.2, 0.25) is 0 Å². The highest BCUT2D eigenvalue weighted by molar-refractivity contribution is 5.57. The van der Waals surface area contributed by atoms with Crippen LogP contribution in [0.1, 0.15) is 56.4 Å². The normalized spacial score (nSPS) is 14.4. The summed E-state index contributed by atoms with van der Waals surface area (Å²) in [5.74, 6) is 1.66. The summed E-state index contributed by atoms with van der Waals surface area (Å²) < 4.78 is 5.49. The zero-order valence-corrected chi connectivity index (χ0v) is 21.7. The van der Waals surface area contributed by atoms with E-state index < -0.39 is 5.41 Å². The van der Waals surface area contributed by atoms with Crippen LogP contribution in [0.15, 0.2) is 66.0 Å². The number of nitrogens with one attached hydrogen (secondary N) is 2. The molecular formula is C27H33N9O. The minimum absolute atomic E-state index is 0.0631. The highest BCUT2D eigenvalue weighted by atomic mass is 16.1. The minimum Gasteiger partial charge on any atom is -0.368 e. The van der Waals surface area contributed by atoms with Crippen LogP contribution in [0.4, 0.5) is 0 Å². The molecule has 5 rings (SSSR count). The lowest BCUT2D eigenvalue weighted by molar-refractivity contribution is 0.495. The van der Waals surface area contributed by atoms with E-state index in [1.807, 2.05) is 48.5 Å². The zero-order valence-electron chi connectivity index (χ0n) is 21.7. The van der Waals surface area contributed by atoms with E-state index in [0.29, 0.717) is 12.4 Å². The summed E-state index contributed by atoms with van der Waals surface area (Å²) in [4.78, 5) is 14.1. The molecule has 4 heterocycles. The number of aromatic nitrogens is 8. The van der Waals surface area contributed by atoms with E-state index in [2.05, 4.69) is 76.1 Å². The molecule has 0 radical (unpaired) electrons. The molecule has 0 amide bonds. The Morgan fingerprint density at radius 1 is 1.16 bits per heavy atom. The van der Waals surface area contributed by atoms with E-state index in [9.17, 15) is 4.79 Å². The fourth-order valence-corrected chi connectivity index (χ4v) is 4.95. The molecular weight excluding hydrogens is 466 g/mol. The summed E-state index contributed by atoms with van der Waals surface area (Å²) in [7, 11) is 1.89. The van der Waals surface area contributed by atoms with Gasteiger partial charge >= 0.3 is 5.69 Å². The van der Waals surface area contributed by atoms with Gasteiger partial charge < -0.3 is 5.32 Å². The third kappa shape index (κ3) is 4.54. The van der Waals surface area contributed by atoms with Gasteiger partial charge in [-0.25, -0.2) is 9.89 Å². The average Bonchev–Trinajstić information content (AvgIpc) is 3.64. The van der Waals surface area contributed by atoms with E-state index in [4.69, 9.17) is 0 Å². The van der Waals surface area contributed by atoms with Crippen LogP contribution >= 0.6 is 0 Å². The third-order valence-corrected chi connectivity index (χ3v) is 7.03. The number of unbranched alkanes of at least 4 members (excludes halogenated alkanes) is 1. The average molecular weight is 500 g/mol. The van der Waals surface area contributed by atoms with Crippen LogP contribution in [0.3, 0.4) is 0 Å². The number of rotatable bonds is 9. The van der Waals surface area contributed by atoms with Crippen molar-refractivity contribution in [2.24, 2.45) is 7.05 Å². The van der Waals surface area contributed by atoms with E-state index in [1.54, 1.807) is 9.25 Å². The summed E-state index contributed by atoms with van der Waals surface area (Å²) in [6.45, 7) is 6.87. The third-order valence-electron chi connectivity index (χ3n) is 7.03. The van der Waals surface area contributed by atoms with Crippen molar-refractivity contribution >= 4 is 0 Å². The number of H-pyrrole nitrogens is 1. The summed E-state index contributed by atoms with van der Waals surface area (Å²) in [5.41, 5.74) is 3.38. The number of nitrogens with zero attached hydrogens (tertiary/aromatic N) is 7. The monoisotopic (exact) mass is 499 g/mol. The van der Waals surface area contributed by atoms with E-state index in [-0.39, 0.29) is 11.6 Å². The van der Waals surface area contributed by atoms with Crippen molar-refractivity contribution in [3.8, 4) is 17.2 Å². The highest BCUT2D eigenvalue weighted by Crippen LogP contribution is 2.34. The summed E-state index contributed by atoms with van der Waals surface area (Å²) in [6.07, 6.45) is 14.8. The molecule has 0 atom stereocenters. The molecule has 2 N–H and O–H groups in total. The van der Waals surface area contributed by atoms with E-state index in [0.717, 1.165) is 47.5 Å². The van der Waals surface area contributed by atoms with Crippen LogP contribution in [-0.2, 0) is 25.4 Å². The molecule has 1 aliphatic heterocycles. The number of tetrazole rings is 1. The van der Waals surface area contributed by atoms with E-state index in [1.165, 1.54) is 0 Å². The van der Waals surface area contributed by atoms with Crippen molar-refractivity contribution < 1.29 is 0 Å². The maximum atomic E-state index is 14.1. The fraction of sp³-hybridized carbons (Fsp3) is 0.370. The SMILES string of the molecule is CCCCc1cn(-c2c(C(C)C)cnn2C)c(=O)n1CC1(c2cccc(-c3nnn[nH]3)c2)C=CNC=C1. The first-order valence-electron chi connectivity index (χ1n) is 12.7. The first kappa shape index (κ1) is 24.5. The molecule has 0 saturated heterocycles. The quantitative estimate of drug-likeness (QED) is 0.364. The van der Waals surface area contributed by atoms with Gasteiger partial charge in [0, 0.05) is 36.6 Å². The number of hydrogen-bond donors (Lipinski definition) is 2. The van der Waals surface area contributed by atoms with Crippen molar-refractivity contribution in [3.63, 3.8) is 0 Å². The molecule has 0 saturated carbocycles. The Kier molecular flexibility index (Phi) is 6.64. The van der Waals surface area contributed by atoms with Gasteiger partial charge in [0.05, 0.1) is 11.6 Å². The van der Waals surface area contributed by atoms with Gasteiger partial charge in [0.1, 0.15) is 5.82 Å². The molecule has 0 fully saturated rings. The van der Waals surface area contributed by atoms with E-state index >= 15 is 0 Å². The Morgan fingerprint density at radius 3 is 2.68 bits per heavy atom. The molecule has 0 unspecified atom stereocenters. The molecule has 0 spiro atoms. The summed E-state index contributed by atoms with van der Waals surface area (Å²) >= 11 is 0. The van der Waals surface area contributed by atoms with Crippen LogP contribution < -0.4 is 11.0 Å². The summed E-state index contributed by atoms with van der Waals surface area (Å²) in [6, 6.07) is 8.13. The van der Waals surface area contributed by atoms with Gasteiger partial charge in [0.15, 0.2) is 5.82 Å². The van der Waals surface area contributed by atoms with Crippen LogP contribution in [0.25, 0.3) is 17.2 Å². The highest BCUT2D eigenvalue weighted by Gasteiger charge is 2.32. The molecule has 37 heavy (non-hydrogen) atoms. The fourth-order valence-electron chi connectivity index (χ4n) is 4.95. The Morgan fingerprint density at radius 2 is 1.97 bits per heavy atom. The molecule has 4 aromatic rings. The smallest absolute Gasteiger partial charge is 0.334 e. The van der Waals surface area contributed by atoms with Crippen LogP contribution in [0.2, 0.25) is 0 Å². The van der Waals surface area contributed by atoms with Gasteiger partial charge in [-0.1, -0.05) is 57.5 Å². The second kappa shape index (κ2) is 10.0. The molecule has 0 aliphatic carbocycles. The molecule has 3 aromatic heterocycles. The van der Waals surface area contributed by atoms with Crippen molar-refractivity contribution in [1.29, 1.82) is 0 Å². The van der Waals surface area contributed by atoms with Crippen LogP contribution in [-0.4, -0.2) is 39.5 Å². The Bertz CT molecular complexity index is 1470. The van der Waals surface area contributed by atoms with Gasteiger partial charge in [-0.15, -0.1) is 5.10 Å². The number of aromatic amines is 1. The number of hydrogen-bond acceptors (Lipinski definition) is 6. The van der Waals surface area contributed by atoms with Crippen molar-refractivity contribution in [3.05, 3.63) is 88.5 Å². The zero-order chi connectivity index (χ0) is 26.0. The van der Waals surface area contributed by atoms with Gasteiger partial charge in [0.25, 0.3) is 0 Å². The predicted molar refractivity (Wildman–Crippen MR) is 142 cm³/mol. The predicted octanol–water partition coefficient (Wildman–Crippen LogP) is 3.59. The van der Waals surface area contributed by atoms with Gasteiger partial charge in [-0.05, 0) is 53.2 Å². The maximum Gasteiger partial charge on any atom is 0.334 e. The Balaban J connectivity index is 1.64. The second-order valence-corrected chi connectivity index (χ2v) is 9.87. The molecule has 1 aliphatic rings. The molecule has 1 aromatic carbocycles. The number of allylic oxidation sites excluding steroid dienone is 2. The minimum atomic E-state index is -0.543. The Labute approximate surface area is 215 Å². The van der Waals surface area contributed by atoms with Crippen molar-refractivity contribution in [2.45, 2.75) is 57.9 Å². The number of aryl methyl sites for hydroxylation is 2. The molecule has 192 valence electrons. The lowest BCUT2D eigenvalue weighted by atomic mass is 9.78. The van der Waals surface area contributed by atoms with Gasteiger partial charge in [-0.2, -0.15) is 5.10 Å². The number of benzene rings is 1. The molecule has 10 nitrogen and oxygen atoms in total. The molecule has 0 bridgehead atoms. The maximum absolute atomic E-state index is 14.1. The first-order chi connectivity index (χ1) is 17.9. The lowest BCUT2D eigenvalue weighted by Crippen LogP contribution is -2.36. The lowest BCUT2D eigenvalue weighted by Gasteiger charge is -2.31. The summed E-state index contributed by atoms with van der Waals surface area (Å²) in [5, 5.41) is 22.0. The number of dihydropyridines is 1.